The molecule has 0 spiro atoms. The Balaban J connectivity index is 1.98. The first-order chi connectivity index (χ1) is 8.60. The van der Waals surface area contributed by atoms with Gasteiger partial charge in [-0.05, 0) is 13.8 Å². The molecule has 18 heavy (non-hydrogen) atoms. The molecule has 1 amide bonds. The van der Waals surface area contributed by atoms with Crippen molar-refractivity contribution in [3.05, 3.63) is 11.9 Å². The van der Waals surface area contributed by atoms with Crippen molar-refractivity contribution in [2.45, 2.75) is 39.1 Å². The van der Waals surface area contributed by atoms with E-state index in [-0.39, 0.29) is 24.6 Å². The summed E-state index contributed by atoms with van der Waals surface area (Å²) in [5, 5.41) is 7.73. The molecule has 1 saturated heterocycles. The van der Waals surface area contributed by atoms with E-state index in [4.69, 9.17) is 10.5 Å². The fourth-order valence-corrected chi connectivity index (χ4v) is 1.99. The number of aromatic nitrogens is 3. The van der Waals surface area contributed by atoms with Crippen LogP contribution in [0.3, 0.4) is 0 Å². The van der Waals surface area contributed by atoms with E-state index in [0.29, 0.717) is 25.4 Å². The van der Waals surface area contributed by atoms with Crippen molar-refractivity contribution in [1.82, 2.24) is 19.9 Å². The summed E-state index contributed by atoms with van der Waals surface area (Å²) < 4.78 is 7.02. The van der Waals surface area contributed by atoms with Gasteiger partial charge in [0.2, 0.25) is 5.91 Å². The fraction of sp³-hybridized carbons (Fsp3) is 0.727. The lowest BCUT2D eigenvalue weighted by Gasteiger charge is -2.36. The van der Waals surface area contributed by atoms with E-state index in [1.54, 1.807) is 6.20 Å². The van der Waals surface area contributed by atoms with Crippen LogP contribution in [-0.4, -0.2) is 51.1 Å². The molecule has 1 aliphatic rings. The second kappa shape index (κ2) is 5.45. The van der Waals surface area contributed by atoms with E-state index < -0.39 is 0 Å². The molecule has 1 fully saturated rings. The average molecular weight is 253 g/mol. The number of nitrogens with two attached hydrogens (primary N) is 1. The molecular weight excluding hydrogens is 234 g/mol. The Kier molecular flexibility index (Phi) is 3.93. The van der Waals surface area contributed by atoms with Crippen molar-refractivity contribution < 1.29 is 9.53 Å². The molecule has 2 heterocycles. The van der Waals surface area contributed by atoms with Crippen molar-refractivity contribution in [3.63, 3.8) is 0 Å². The van der Waals surface area contributed by atoms with Crippen molar-refractivity contribution in [3.8, 4) is 0 Å². The number of ether oxygens (including phenoxy) is 1. The van der Waals surface area contributed by atoms with E-state index in [0.717, 1.165) is 0 Å². The van der Waals surface area contributed by atoms with E-state index in [1.165, 1.54) is 4.68 Å². The Hall–Kier alpha value is -1.47. The third-order valence-corrected chi connectivity index (χ3v) is 3.02. The second-order valence-corrected chi connectivity index (χ2v) is 4.65. The zero-order valence-electron chi connectivity index (χ0n) is 10.7. The highest BCUT2D eigenvalue weighted by molar-refractivity contribution is 5.76. The number of hydrogen-bond donors (Lipinski definition) is 1. The van der Waals surface area contributed by atoms with Crippen molar-refractivity contribution in [1.29, 1.82) is 0 Å². The van der Waals surface area contributed by atoms with Crippen LogP contribution in [0.4, 0.5) is 0 Å². The summed E-state index contributed by atoms with van der Waals surface area (Å²) in [5.41, 5.74) is 6.14. The molecule has 2 unspecified atom stereocenters. The Morgan fingerprint density at radius 3 is 3.06 bits per heavy atom. The number of rotatable bonds is 3. The van der Waals surface area contributed by atoms with Gasteiger partial charge in [0.1, 0.15) is 6.54 Å². The first kappa shape index (κ1) is 13.0. The average Bonchev–Trinajstić information content (AvgIpc) is 2.80. The summed E-state index contributed by atoms with van der Waals surface area (Å²) in [4.78, 5) is 14.0. The first-order valence-electron chi connectivity index (χ1n) is 6.10. The highest BCUT2D eigenvalue weighted by atomic mass is 16.5. The Morgan fingerprint density at radius 2 is 2.39 bits per heavy atom. The predicted molar refractivity (Wildman–Crippen MR) is 64.5 cm³/mol. The van der Waals surface area contributed by atoms with E-state index in [1.807, 2.05) is 18.7 Å². The van der Waals surface area contributed by atoms with Gasteiger partial charge in [0.05, 0.1) is 30.6 Å². The van der Waals surface area contributed by atoms with Crippen LogP contribution >= 0.6 is 0 Å². The molecule has 100 valence electrons. The highest BCUT2D eigenvalue weighted by Gasteiger charge is 2.27. The van der Waals surface area contributed by atoms with Crippen LogP contribution < -0.4 is 5.73 Å². The molecule has 0 saturated carbocycles. The van der Waals surface area contributed by atoms with Crippen molar-refractivity contribution >= 4 is 5.91 Å². The van der Waals surface area contributed by atoms with E-state index >= 15 is 0 Å². The van der Waals surface area contributed by atoms with Gasteiger partial charge in [-0.15, -0.1) is 5.10 Å². The summed E-state index contributed by atoms with van der Waals surface area (Å²) in [5.74, 6) is 0.0334. The monoisotopic (exact) mass is 253 g/mol. The summed E-state index contributed by atoms with van der Waals surface area (Å²) in [7, 11) is 0. The number of carbonyl (C=O) groups excluding carboxylic acids is 1. The van der Waals surface area contributed by atoms with E-state index in [9.17, 15) is 4.79 Å². The maximum absolute atomic E-state index is 12.2. The SMILES string of the molecule is CC1CN(C(=O)Cn2cc(CN)nn2)C(C)CO1. The maximum Gasteiger partial charge on any atom is 0.244 e. The third-order valence-electron chi connectivity index (χ3n) is 3.02. The van der Waals surface area contributed by atoms with Gasteiger partial charge in [0, 0.05) is 13.1 Å². The lowest BCUT2D eigenvalue weighted by Crippen LogP contribution is -2.51. The van der Waals surface area contributed by atoms with Gasteiger partial charge in [0.15, 0.2) is 0 Å². The molecule has 1 aliphatic heterocycles. The molecule has 1 aromatic heterocycles. The van der Waals surface area contributed by atoms with Gasteiger partial charge in [-0.25, -0.2) is 4.68 Å². The largest absolute Gasteiger partial charge is 0.375 e. The lowest BCUT2D eigenvalue weighted by atomic mass is 10.2. The van der Waals surface area contributed by atoms with Gasteiger partial charge in [0.25, 0.3) is 0 Å². The van der Waals surface area contributed by atoms with Crippen LogP contribution in [-0.2, 0) is 22.6 Å². The molecule has 2 N–H and O–H groups in total. The summed E-state index contributed by atoms with van der Waals surface area (Å²) in [6, 6.07) is 0.103. The first-order valence-corrected chi connectivity index (χ1v) is 6.10. The van der Waals surface area contributed by atoms with Gasteiger partial charge in [-0.2, -0.15) is 0 Å². The molecule has 0 radical (unpaired) electrons. The molecule has 2 atom stereocenters. The topological polar surface area (TPSA) is 86.3 Å². The van der Waals surface area contributed by atoms with Gasteiger partial charge in [-0.1, -0.05) is 5.21 Å². The fourth-order valence-electron chi connectivity index (χ4n) is 1.99. The Bertz CT molecular complexity index is 419. The van der Waals surface area contributed by atoms with Crippen molar-refractivity contribution in [2.24, 2.45) is 5.73 Å². The van der Waals surface area contributed by atoms with Crippen LogP contribution in [0, 0.1) is 0 Å². The molecule has 2 rings (SSSR count). The van der Waals surface area contributed by atoms with Crippen LogP contribution in [0.15, 0.2) is 6.20 Å². The number of carbonyl (C=O) groups is 1. The zero-order valence-corrected chi connectivity index (χ0v) is 10.7. The molecular formula is C11H19N5O2. The molecule has 7 nitrogen and oxygen atoms in total. The van der Waals surface area contributed by atoms with Gasteiger partial charge < -0.3 is 15.4 Å². The molecule has 0 bridgehead atoms. The summed E-state index contributed by atoms with van der Waals surface area (Å²) >= 11 is 0. The maximum atomic E-state index is 12.2. The number of amides is 1. The molecule has 7 heteroatoms. The number of hydrogen-bond acceptors (Lipinski definition) is 5. The Labute approximate surface area is 106 Å². The van der Waals surface area contributed by atoms with E-state index in [2.05, 4.69) is 10.3 Å². The van der Waals surface area contributed by atoms with Crippen LogP contribution in [0.1, 0.15) is 19.5 Å². The van der Waals surface area contributed by atoms with Crippen LogP contribution in [0.2, 0.25) is 0 Å². The molecule has 0 aromatic carbocycles. The van der Waals surface area contributed by atoms with Gasteiger partial charge >= 0.3 is 0 Å². The predicted octanol–water partition coefficient (Wildman–Crippen LogP) is -0.627. The normalized spacial score (nSPS) is 24.3. The van der Waals surface area contributed by atoms with Crippen LogP contribution in [0.5, 0.6) is 0 Å². The minimum atomic E-state index is 0.0334. The highest BCUT2D eigenvalue weighted by Crippen LogP contribution is 2.12. The van der Waals surface area contributed by atoms with Gasteiger partial charge in [-0.3, -0.25) is 4.79 Å². The third kappa shape index (κ3) is 2.85. The van der Waals surface area contributed by atoms with Crippen molar-refractivity contribution in [2.75, 3.05) is 13.2 Å². The Morgan fingerprint density at radius 1 is 1.61 bits per heavy atom. The standard InChI is InChI=1S/C11H19N5O2/c1-8-7-18-9(2)4-16(8)11(17)6-15-5-10(3-12)13-14-15/h5,8-9H,3-4,6-7,12H2,1-2H3. The molecule has 1 aromatic rings. The zero-order chi connectivity index (χ0) is 13.1. The molecule has 0 aliphatic carbocycles. The smallest absolute Gasteiger partial charge is 0.244 e. The number of nitrogens with zero attached hydrogens (tertiary/aromatic N) is 4. The number of morpholine rings is 1. The second-order valence-electron chi connectivity index (χ2n) is 4.65. The quantitative estimate of drug-likeness (QED) is 0.775. The summed E-state index contributed by atoms with van der Waals surface area (Å²) in [6.07, 6.45) is 1.78. The lowest BCUT2D eigenvalue weighted by molar-refractivity contribution is -0.144. The van der Waals surface area contributed by atoms with Crippen LogP contribution in [0.25, 0.3) is 0 Å². The minimum Gasteiger partial charge on any atom is -0.375 e. The summed E-state index contributed by atoms with van der Waals surface area (Å²) in [6.45, 7) is 5.69. The minimum absolute atomic E-state index is 0.0334.